The molecule has 0 bridgehead atoms. The first-order chi connectivity index (χ1) is 13.1. The van der Waals surface area contributed by atoms with E-state index in [1.54, 1.807) is 32.4 Å². The van der Waals surface area contributed by atoms with Crippen molar-refractivity contribution < 1.29 is 14.3 Å². The summed E-state index contributed by atoms with van der Waals surface area (Å²) in [6.45, 7) is 4.72. The number of para-hydroxylation sites is 1. The number of nitrogens with one attached hydrogen (secondary N) is 1. The Morgan fingerprint density at radius 2 is 1.89 bits per heavy atom. The van der Waals surface area contributed by atoms with Gasteiger partial charge >= 0.3 is 0 Å². The van der Waals surface area contributed by atoms with Crippen LogP contribution in [0.1, 0.15) is 22.8 Å². The molecule has 1 aromatic heterocycles. The van der Waals surface area contributed by atoms with Gasteiger partial charge in [0.05, 0.1) is 7.11 Å². The van der Waals surface area contributed by atoms with Crippen LogP contribution in [0.4, 0.5) is 5.82 Å². The van der Waals surface area contributed by atoms with Crippen molar-refractivity contribution in [2.24, 2.45) is 0 Å². The van der Waals surface area contributed by atoms with E-state index in [2.05, 4.69) is 15.2 Å². The van der Waals surface area contributed by atoms with E-state index in [4.69, 9.17) is 4.74 Å². The van der Waals surface area contributed by atoms with E-state index in [1.165, 1.54) is 0 Å². The third-order valence-corrected chi connectivity index (χ3v) is 4.69. The highest BCUT2D eigenvalue weighted by Gasteiger charge is 2.20. The number of hydrogen-bond donors (Lipinski definition) is 1. The number of aromatic nitrogens is 1. The molecule has 1 N–H and O–H groups in total. The van der Waals surface area contributed by atoms with Crippen LogP contribution in [-0.4, -0.2) is 55.0 Å². The molecule has 0 spiro atoms. The third-order valence-electron chi connectivity index (χ3n) is 4.69. The summed E-state index contributed by atoms with van der Waals surface area (Å²) < 4.78 is 5.31. The average molecular weight is 368 g/mol. The van der Waals surface area contributed by atoms with Gasteiger partial charge in [-0.1, -0.05) is 18.2 Å². The van der Waals surface area contributed by atoms with E-state index in [-0.39, 0.29) is 11.8 Å². The molecule has 3 rings (SSSR count). The number of nitrogens with zero attached hydrogens (tertiary/aromatic N) is 3. The Labute approximate surface area is 158 Å². The van der Waals surface area contributed by atoms with E-state index in [0.717, 1.165) is 17.1 Å². The fraction of sp³-hybridized carbons (Fsp3) is 0.350. The minimum Gasteiger partial charge on any atom is -0.496 e. The molecular formula is C20H24N4O3. The Hall–Kier alpha value is -3.09. The maximum atomic E-state index is 12.5. The second-order valence-electron chi connectivity index (χ2n) is 6.39. The van der Waals surface area contributed by atoms with Gasteiger partial charge in [-0.25, -0.2) is 4.98 Å². The molecule has 0 aliphatic carbocycles. The predicted octanol–water partition coefficient (Wildman–Crippen LogP) is 1.69. The van der Waals surface area contributed by atoms with Crippen LogP contribution < -0.4 is 15.0 Å². The van der Waals surface area contributed by atoms with Gasteiger partial charge in [0.2, 0.25) is 5.91 Å². The molecule has 1 saturated heterocycles. The topological polar surface area (TPSA) is 74.8 Å². The highest BCUT2D eigenvalue weighted by molar-refractivity contribution is 5.94. The van der Waals surface area contributed by atoms with Gasteiger partial charge in [0.15, 0.2) is 0 Å². The summed E-state index contributed by atoms with van der Waals surface area (Å²) in [6.07, 6.45) is 1.64. The molecule has 2 amide bonds. The van der Waals surface area contributed by atoms with E-state index in [9.17, 15) is 9.59 Å². The number of pyridine rings is 1. The molecule has 1 fully saturated rings. The van der Waals surface area contributed by atoms with E-state index >= 15 is 0 Å². The van der Waals surface area contributed by atoms with Crippen LogP contribution in [0.25, 0.3) is 0 Å². The number of amides is 2. The molecule has 1 aromatic carbocycles. The third kappa shape index (κ3) is 4.55. The van der Waals surface area contributed by atoms with Gasteiger partial charge in [-0.05, 0) is 18.2 Å². The number of piperazine rings is 1. The van der Waals surface area contributed by atoms with Crippen molar-refractivity contribution in [3.8, 4) is 5.75 Å². The standard InChI is InChI=1S/C20H24N4O3/c1-15(25)23-9-11-24(12-10-23)19-13-16(7-8-21-19)20(26)22-14-17-5-3-4-6-18(17)27-2/h3-8,13H,9-12,14H2,1-2H3,(H,22,26). The Morgan fingerprint density at radius 3 is 2.59 bits per heavy atom. The summed E-state index contributed by atoms with van der Waals surface area (Å²) in [7, 11) is 1.61. The summed E-state index contributed by atoms with van der Waals surface area (Å²) >= 11 is 0. The Kier molecular flexibility index (Phi) is 5.90. The van der Waals surface area contributed by atoms with Gasteiger partial charge in [-0.3, -0.25) is 9.59 Å². The van der Waals surface area contributed by atoms with Crippen LogP contribution in [0.3, 0.4) is 0 Å². The van der Waals surface area contributed by atoms with E-state index in [1.807, 2.05) is 29.2 Å². The number of anilines is 1. The highest BCUT2D eigenvalue weighted by Crippen LogP contribution is 2.18. The summed E-state index contributed by atoms with van der Waals surface area (Å²) in [5.41, 5.74) is 1.48. The lowest BCUT2D eigenvalue weighted by Gasteiger charge is -2.35. The molecular weight excluding hydrogens is 344 g/mol. The number of methoxy groups -OCH3 is 1. The lowest BCUT2D eigenvalue weighted by atomic mass is 10.2. The van der Waals surface area contributed by atoms with Crippen molar-refractivity contribution in [2.75, 3.05) is 38.2 Å². The zero-order chi connectivity index (χ0) is 19.2. The zero-order valence-electron chi connectivity index (χ0n) is 15.6. The minimum atomic E-state index is -0.160. The Bertz CT molecular complexity index is 816. The first-order valence-corrected chi connectivity index (χ1v) is 8.95. The molecule has 2 aromatic rings. The number of hydrogen-bond acceptors (Lipinski definition) is 5. The summed E-state index contributed by atoms with van der Waals surface area (Å²) in [4.78, 5) is 32.3. The Morgan fingerprint density at radius 1 is 1.15 bits per heavy atom. The smallest absolute Gasteiger partial charge is 0.251 e. The fourth-order valence-corrected chi connectivity index (χ4v) is 3.11. The molecule has 0 unspecified atom stereocenters. The van der Waals surface area contributed by atoms with Gasteiger partial charge < -0.3 is 19.9 Å². The van der Waals surface area contributed by atoms with Crippen molar-refractivity contribution in [3.63, 3.8) is 0 Å². The predicted molar refractivity (Wildman–Crippen MR) is 103 cm³/mol. The molecule has 1 aliphatic heterocycles. The molecule has 7 nitrogen and oxygen atoms in total. The largest absolute Gasteiger partial charge is 0.496 e. The van der Waals surface area contributed by atoms with Gasteiger partial charge in [-0.2, -0.15) is 0 Å². The van der Waals surface area contributed by atoms with E-state index in [0.29, 0.717) is 38.3 Å². The number of carbonyl (C=O) groups excluding carboxylic acids is 2. The lowest BCUT2D eigenvalue weighted by Crippen LogP contribution is -2.48. The van der Waals surface area contributed by atoms with Gasteiger partial charge in [0.1, 0.15) is 11.6 Å². The monoisotopic (exact) mass is 368 g/mol. The molecule has 0 saturated carbocycles. The highest BCUT2D eigenvalue weighted by atomic mass is 16.5. The molecule has 2 heterocycles. The quantitative estimate of drug-likeness (QED) is 0.869. The molecule has 0 atom stereocenters. The van der Waals surface area contributed by atoms with Crippen LogP contribution in [0, 0.1) is 0 Å². The molecule has 0 radical (unpaired) electrons. The Balaban J connectivity index is 1.63. The zero-order valence-corrected chi connectivity index (χ0v) is 15.6. The summed E-state index contributed by atoms with van der Waals surface area (Å²) in [5.74, 6) is 1.43. The van der Waals surface area contributed by atoms with Crippen LogP contribution in [0.5, 0.6) is 5.75 Å². The minimum absolute atomic E-state index is 0.0899. The molecule has 7 heteroatoms. The van der Waals surface area contributed by atoms with Crippen molar-refractivity contribution >= 4 is 17.6 Å². The first-order valence-electron chi connectivity index (χ1n) is 8.95. The van der Waals surface area contributed by atoms with Crippen molar-refractivity contribution in [1.29, 1.82) is 0 Å². The second kappa shape index (κ2) is 8.53. The van der Waals surface area contributed by atoms with Gasteiger partial charge in [-0.15, -0.1) is 0 Å². The van der Waals surface area contributed by atoms with Crippen molar-refractivity contribution in [1.82, 2.24) is 15.2 Å². The first kappa shape index (κ1) is 18.7. The van der Waals surface area contributed by atoms with Crippen LogP contribution >= 0.6 is 0 Å². The molecule has 27 heavy (non-hydrogen) atoms. The number of benzene rings is 1. The fourth-order valence-electron chi connectivity index (χ4n) is 3.11. The van der Waals surface area contributed by atoms with Crippen molar-refractivity contribution in [3.05, 3.63) is 53.7 Å². The SMILES string of the molecule is COc1ccccc1CNC(=O)c1ccnc(N2CCN(C(C)=O)CC2)c1. The van der Waals surface area contributed by atoms with Gasteiger partial charge in [0, 0.05) is 57.0 Å². The van der Waals surface area contributed by atoms with Gasteiger partial charge in [0.25, 0.3) is 5.91 Å². The summed E-state index contributed by atoms with van der Waals surface area (Å²) in [6, 6.07) is 11.1. The maximum absolute atomic E-state index is 12.5. The number of carbonyl (C=O) groups is 2. The van der Waals surface area contributed by atoms with Crippen molar-refractivity contribution in [2.45, 2.75) is 13.5 Å². The molecule has 1 aliphatic rings. The number of rotatable bonds is 5. The normalized spacial score (nSPS) is 14.0. The summed E-state index contributed by atoms with van der Waals surface area (Å²) in [5, 5.41) is 2.92. The van der Waals surface area contributed by atoms with E-state index < -0.39 is 0 Å². The lowest BCUT2D eigenvalue weighted by molar-refractivity contribution is -0.129. The maximum Gasteiger partial charge on any atom is 0.251 e. The number of ether oxygens (including phenoxy) is 1. The second-order valence-corrected chi connectivity index (χ2v) is 6.39. The van der Waals surface area contributed by atoms with Crippen LogP contribution in [0.2, 0.25) is 0 Å². The van der Waals surface area contributed by atoms with Crippen LogP contribution in [-0.2, 0) is 11.3 Å². The average Bonchev–Trinajstić information content (AvgIpc) is 2.72. The van der Waals surface area contributed by atoms with Crippen LogP contribution in [0.15, 0.2) is 42.6 Å². The molecule has 142 valence electrons.